The first-order valence-corrected chi connectivity index (χ1v) is 8.97. The van der Waals surface area contributed by atoms with E-state index in [9.17, 15) is 0 Å². The van der Waals surface area contributed by atoms with Crippen LogP contribution in [0.5, 0.6) is 0 Å². The molecule has 1 radical (unpaired) electrons. The van der Waals surface area contributed by atoms with Crippen LogP contribution < -0.4 is 0 Å². The topological polar surface area (TPSA) is 0 Å². The Morgan fingerprint density at radius 2 is 1.29 bits per heavy atom. The van der Waals surface area contributed by atoms with E-state index in [1.54, 1.807) is 5.92 Å². The van der Waals surface area contributed by atoms with Crippen molar-refractivity contribution < 1.29 is 0 Å². The summed E-state index contributed by atoms with van der Waals surface area (Å²) in [5.41, 5.74) is 0. The molecule has 0 aromatic heterocycles. The summed E-state index contributed by atoms with van der Waals surface area (Å²) >= 11 is 0. The molecular weight excluding hydrogens is 252 g/mol. The SMILES string of the molecule is C=CC[C](CC=C)C(CC=C)CCCCCCCCCC. The van der Waals surface area contributed by atoms with E-state index in [2.05, 4.69) is 32.7 Å². The fourth-order valence-corrected chi connectivity index (χ4v) is 3.00. The average Bonchev–Trinajstić information content (AvgIpc) is 2.48. The molecule has 0 aliphatic carbocycles. The molecule has 21 heavy (non-hydrogen) atoms. The van der Waals surface area contributed by atoms with Crippen LogP contribution in [0.1, 0.15) is 84.0 Å². The van der Waals surface area contributed by atoms with Crippen molar-refractivity contribution in [2.75, 3.05) is 0 Å². The highest BCUT2D eigenvalue weighted by molar-refractivity contribution is 5.06. The molecule has 0 nitrogen and oxygen atoms in total. The van der Waals surface area contributed by atoms with Gasteiger partial charge in [0.15, 0.2) is 0 Å². The molecule has 0 amide bonds. The lowest BCUT2D eigenvalue weighted by Crippen LogP contribution is -2.11. The Morgan fingerprint density at radius 1 is 0.762 bits per heavy atom. The maximum absolute atomic E-state index is 3.92. The molecule has 1 atom stereocenters. The standard InChI is InChI=1S/C21H37/c1-5-9-10-11-12-13-14-15-19-21(18-8-4)20(16-6-2)17-7-3/h6-8,21H,2-5,9-19H2,1H3. The third-order valence-electron chi connectivity index (χ3n) is 4.25. The van der Waals surface area contributed by atoms with E-state index in [1.165, 1.54) is 57.8 Å². The number of hydrogen-bond donors (Lipinski definition) is 0. The Hall–Kier alpha value is -0.780. The number of unbranched alkanes of at least 4 members (excludes halogenated alkanes) is 7. The minimum Gasteiger partial charge on any atom is -0.103 e. The molecule has 0 aromatic rings. The van der Waals surface area contributed by atoms with Gasteiger partial charge in [-0.15, -0.1) is 19.7 Å². The highest BCUT2D eigenvalue weighted by atomic mass is 14.2. The third-order valence-corrected chi connectivity index (χ3v) is 4.25. The Kier molecular flexibility index (Phi) is 15.0. The minimum atomic E-state index is 0.679. The quantitative estimate of drug-likeness (QED) is 0.204. The van der Waals surface area contributed by atoms with Gasteiger partial charge < -0.3 is 0 Å². The van der Waals surface area contributed by atoms with E-state index in [1.807, 2.05) is 12.2 Å². The highest BCUT2D eigenvalue weighted by Crippen LogP contribution is 2.31. The minimum absolute atomic E-state index is 0.679. The summed E-state index contributed by atoms with van der Waals surface area (Å²) in [4.78, 5) is 0. The fourth-order valence-electron chi connectivity index (χ4n) is 3.00. The van der Waals surface area contributed by atoms with Crippen molar-refractivity contribution in [1.29, 1.82) is 0 Å². The Morgan fingerprint density at radius 3 is 1.76 bits per heavy atom. The van der Waals surface area contributed by atoms with E-state index in [0.717, 1.165) is 19.3 Å². The number of hydrogen-bond acceptors (Lipinski definition) is 0. The summed E-state index contributed by atoms with van der Waals surface area (Å²) in [6.07, 6.45) is 21.8. The molecule has 0 heterocycles. The third kappa shape index (κ3) is 11.5. The van der Waals surface area contributed by atoms with Gasteiger partial charge in [-0.2, -0.15) is 0 Å². The van der Waals surface area contributed by atoms with Crippen molar-refractivity contribution in [3.63, 3.8) is 0 Å². The van der Waals surface area contributed by atoms with Gasteiger partial charge in [0.25, 0.3) is 0 Å². The van der Waals surface area contributed by atoms with Crippen LogP contribution in [0, 0.1) is 11.8 Å². The molecule has 121 valence electrons. The normalized spacial score (nSPS) is 12.3. The van der Waals surface area contributed by atoms with E-state index < -0.39 is 0 Å². The van der Waals surface area contributed by atoms with Gasteiger partial charge >= 0.3 is 0 Å². The molecule has 0 saturated heterocycles. The smallest absolute Gasteiger partial charge is 0.0132 e. The Bertz CT molecular complexity index is 241. The maximum atomic E-state index is 3.92. The first-order valence-electron chi connectivity index (χ1n) is 8.97. The van der Waals surface area contributed by atoms with Crippen LogP contribution in [-0.2, 0) is 0 Å². The lowest BCUT2D eigenvalue weighted by molar-refractivity contribution is 0.448. The highest BCUT2D eigenvalue weighted by Gasteiger charge is 2.18. The zero-order chi connectivity index (χ0) is 15.8. The zero-order valence-electron chi connectivity index (χ0n) is 14.4. The van der Waals surface area contributed by atoms with Crippen molar-refractivity contribution in [2.45, 2.75) is 84.0 Å². The van der Waals surface area contributed by atoms with Gasteiger partial charge in [0.2, 0.25) is 0 Å². The summed E-state index contributed by atoms with van der Waals surface area (Å²) in [6, 6.07) is 0. The molecule has 0 saturated carbocycles. The van der Waals surface area contributed by atoms with Gasteiger partial charge in [-0.1, -0.05) is 76.5 Å². The van der Waals surface area contributed by atoms with Crippen LogP contribution in [0.15, 0.2) is 38.0 Å². The predicted octanol–water partition coefficient (Wildman–Crippen LogP) is 7.44. The van der Waals surface area contributed by atoms with Gasteiger partial charge in [0.1, 0.15) is 0 Å². The van der Waals surface area contributed by atoms with Gasteiger partial charge in [-0.3, -0.25) is 0 Å². The number of allylic oxidation sites excluding steroid dienone is 3. The molecule has 0 rings (SSSR count). The van der Waals surface area contributed by atoms with E-state index in [4.69, 9.17) is 0 Å². The van der Waals surface area contributed by atoms with Gasteiger partial charge in [0, 0.05) is 0 Å². The summed E-state index contributed by atoms with van der Waals surface area (Å²) in [6.45, 7) is 14.0. The van der Waals surface area contributed by atoms with Crippen LogP contribution in [0.3, 0.4) is 0 Å². The zero-order valence-corrected chi connectivity index (χ0v) is 14.4. The van der Waals surface area contributed by atoms with Crippen LogP contribution >= 0.6 is 0 Å². The molecule has 0 aromatic carbocycles. The lowest BCUT2D eigenvalue weighted by Gasteiger charge is -2.24. The first kappa shape index (κ1) is 20.2. The largest absolute Gasteiger partial charge is 0.103 e. The molecule has 0 bridgehead atoms. The van der Waals surface area contributed by atoms with E-state index in [-0.39, 0.29) is 0 Å². The van der Waals surface area contributed by atoms with Gasteiger partial charge in [-0.05, 0) is 37.5 Å². The molecule has 0 spiro atoms. The van der Waals surface area contributed by atoms with Crippen molar-refractivity contribution in [3.05, 3.63) is 43.9 Å². The van der Waals surface area contributed by atoms with Crippen molar-refractivity contribution >= 4 is 0 Å². The predicted molar refractivity (Wildman–Crippen MR) is 98.4 cm³/mol. The monoisotopic (exact) mass is 289 g/mol. The van der Waals surface area contributed by atoms with Crippen LogP contribution in [0.4, 0.5) is 0 Å². The molecule has 1 unspecified atom stereocenters. The van der Waals surface area contributed by atoms with Crippen molar-refractivity contribution in [1.82, 2.24) is 0 Å². The Balaban J connectivity index is 3.88. The van der Waals surface area contributed by atoms with Crippen molar-refractivity contribution in [3.8, 4) is 0 Å². The molecular formula is C21H37. The van der Waals surface area contributed by atoms with Gasteiger partial charge in [-0.25, -0.2) is 0 Å². The summed E-state index contributed by atoms with van der Waals surface area (Å²) in [5.74, 6) is 2.27. The first-order chi connectivity index (χ1) is 10.3. The molecule has 0 aliphatic rings. The average molecular weight is 290 g/mol. The lowest BCUT2D eigenvalue weighted by atomic mass is 9.81. The second kappa shape index (κ2) is 15.6. The fraction of sp³-hybridized carbons (Fsp3) is 0.667. The van der Waals surface area contributed by atoms with Crippen LogP contribution in [0.2, 0.25) is 0 Å². The summed E-state index contributed by atoms with van der Waals surface area (Å²) in [7, 11) is 0. The maximum Gasteiger partial charge on any atom is -0.0132 e. The summed E-state index contributed by atoms with van der Waals surface area (Å²) < 4.78 is 0. The van der Waals surface area contributed by atoms with Crippen molar-refractivity contribution in [2.24, 2.45) is 5.92 Å². The van der Waals surface area contributed by atoms with E-state index in [0.29, 0.717) is 5.92 Å². The summed E-state index contributed by atoms with van der Waals surface area (Å²) in [5, 5.41) is 0. The second-order valence-corrected chi connectivity index (χ2v) is 6.13. The molecule has 0 N–H and O–H groups in total. The molecule has 0 fully saturated rings. The van der Waals surface area contributed by atoms with Crippen LogP contribution in [-0.4, -0.2) is 0 Å². The Labute approximate surface area is 134 Å². The second-order valence-electron chi connectivity index (χ2n) is 6.13. The molecule has 0 heteroatoms. The van der Waals surface area contributed by atoms with Crippen LogP contribution in [0.25, 0.3) is 0 Å². The van der Waals surface area contributed by atoms with Gasteiger partial charge in [0.05, 0.1) is 0 Å². The van der Waals surface area contributed by atoms with E-state index >= 15 is 0 Å². The number of rotatable bonds is 16. The molecule has 0 aliphatic heterocycles.